The van der Waals surface area contributed by atoms with Crippen molar-refractivity contribution in [1.29, 1.82) is 10.5 Å². The highest BCUT2D eigenvalue weighted by Gasteiger charge is 2.14. The van der Waals surface area contributed by atoms with Crippen LogP contribution in [0.3, 0.4) is 0 Å². The van der Waals surface area contributed by atoms with Crippen LogP contribution in [-0.4, -0.2) is 17.4 Å². The van der Waals surface area contributed by atoms with Gasteiger partial charge in [0.15, 0.2) is 5.75 Å². The van der Waals surface area contributed by atoms with E-state index in [4.69, 9.17) is 27.9 Å². The number of H-pyrrole nitrogens is 1. The molecule has 1 heterocycles. The topological polar surface area (TPSA) is 102 Å². The average molecular weight is 515 g/mol. The predicted molar refractivity (Wildman–Crippen MR) is 141 cm³/mol. The molecule has 0 saturated heterocycles. The van der Waals surface area contributed by atoms with Gasteiger partial charge in [-0.05, 0) is 47.9 Å². The Balaban J connectivity index is 1.42. The molecule has 0 saturated carbocycles. The van der Waals surface area contributed by atoms with E-state index in [1.165, 1.54) is 6.08 Å². The number of fused-ring (bicyclic) bond motifs is 1. The van der Waals surface area contributed by atoms with Crippen LogP contribution < -0.4 is 10.1 Å². The van der Waals surface area contributed by atoms with E-state index in [1.54, 1.807) is 30.3 Å². The predicted octanol–water partition coefficient (Wildman–Crippen LogP) is 6.19. The van der Waals surface area contributed by atoms with Crippen LogP contribution in [0.25, 0.3) is 17.0 Å². The molecule has 0 bridgehead atoms. The van der Waals surface area contributed by atoms with Crippen molar-refractivity contribution in [2.75, 3.05) is 6.54 Å². The lowest BCUT2D eigenvalue weighted by molar-refractivity contribution is -0.117. The molecule has 2 N–H and O–H groups in total. The molecule has 0 spiro atoms. The van der Waals surface area contributed by atoms with Gasteiger partial charge in [0.2, 0.25) is 0 Å². The Hall–Kier alpha value is -4.23. The smallest absolute Gasteiger partial charge is 0.261 e. The molecular formula is C28H20Cl2N4O2. The van der Waals surface area contributed by atoms with Crippen molar-refractivity contribution in [3.63, 3.8) is 0 Å². The van der Waals surface area contributed by atoms with Gasteiger partial charge in [-0.2, -0.15) is 10.5 Å². The number of aromatic amines is 1. The molecule has 0 aliphatic carbocycles. The zero-order valence-corrected chi connectivity index (χ0v) is 20.5. The van der Waals surface area contributed by atoms with Crippen LogP contribution >= 0.6 is 23.2 Å². The first-order chi connectivity index (χ1) is 17.5. The number of carbonyl (C=O) groups is 1. The van der Waals surface area contributed by atoms with Gasteiger partial charge >= 0.3 is 0 Å². The number of hydrogen-bond acceptors (Lipinski definition) is 4. The van der Waals surface area contributed by atoms with Gasteiger partial charge in [0.25, 0.3) is 5.91 Å². The molecule has 1 aromatic heterocycles. The number of halogens is 2. The summed E-state index contributed by atoms with van der Waals surface area (Å²) in [6.45, 7) is 0.485. The van der Waals surface area contributed by atoms with E-state index in [0.717, 1.165) is 16.5 Å². The summed E-state index contributed by atoms with van der Waals surface area (Å²) in [5.41, 5.74) is 3.73. The number of para-hydroxylation sites is 1. The maximum absolute atomic E-state index is 12.6. The van der Waals surface area contributed by atoms with Crippen molar-refractivity contribution in [2.45, 2.75) is 13.0 Å². The van der Waals surface area contributed by atoms with Gasteiger partial charge in [-0.1, -0.05) is 59.6 Å². The summed E-state index contributed by atoms with van der Waals surface area (Å²) in [5, 5.41) is 23.1. The fourth-order valence-electron chi connectivity index (χ4n) is 3.77. The van der Waals surface area contributed by atoms with Crippen molar-refractivity contribution in [3.05, 3.63) is 105 Å². The molecule has 178 valence electrons. The lowest BCUT2D eigenvalue weighted by Crippen LogP contribution is -2.26. The zero-order valence-electron chi connectivity index (χ0n) is 19.0. The second kappa shape index (κ2) is 11.5. The standard InChI is InChI=1S/C28H20Cl2N4O2/c29-24-12-18(13-25(30)27(24)36-17-21-6-2-1-5-19(21)14-31)11-22(15-32)28(35)33-10-9-20-16-34-26-8-4-3-7-23(20)26/h1-8,11-13,16,34H,9-10,17H2,(H,33,35)/b22-11-. The van der Waals surface area contributed by atoms with Crippen LogP contribution in [0.15, 0.2) is 72.4 Å². The van der Waals surface area contributed by atoms with Crippen LogP contribution in [0.4, 0.5) is 0 Å². The summed E-state index contributed by atoms with van der Waals surface area (Å²) < 4.78 is 5.77. The van der Waals surface area contributed by atoms with E-state index in [2.05, 4.69) is 16.4 Å². The molecule has 0 aliphatic heterocycles. The summed E-state index contributed by atoms with van der Waals surface area (Å²) >= 11 is 12.8. The second-order valence-electron chi connectivity index (χ2n) is 7.91. The molecule has 4 aromatic rings. The number of amides is 1. The largest absolute Gasteiger partial charge is 0.486 e. The summed E-state index contributed by atoms with van der Waals surface area (Å²) in [4.78, 5) is 15.8. The molecule has 36 heavy (non-hydrogen) atoms. The maximum Gasteiger partial charge on any atom is 0.261 e. The molecule has 1 amide bonds. The molecule has 0 fully saturated rings. The highest BCUT2D eigenvalue weighted by molar-refractivity contribution is 6.37. The van der Waals surface area contributed by atoms with Crippen LogP contribution in [-0.2, 0) is 17.8 Å². The molecule has 3 aromatic carbocycles. The first-order valence-corrected chi connectivity index (χ1v) is 11.8. The van der Waals surface area contributed by atoms with Crippen molar-refractivity contribution in [2.24, 2.45) is 0 Å². The maximum atomic E-state index is 12.6. The van der Waals surface area contributed by atoms with Crippen LogP contribution in [0, 0.1) is 22.7 Å². The summed E-state index contributed by atoms with van der Waals surface area (Å²) in [6.07, 6.45) is 3.96. The fourth-order valence-corrected chi connectivity index (χ4v) is 4.38. The van der Waals surface area contributed by atoms with Crippen LogP contribution in [0.2, 0.25) is 10.0 Å². The number of nitriles is 2. The number of benzene rings is 3. The van der Waals surface area contributed by atoms with Gasteiger partial charge in [-0.3, -0.25) is 4.79 Å². The normalized spacial score (nSPS) is 11.1. The van der Waals surface area contributed by atoms with E-state index in [1.807, 2.05) is 42.6 Å². The molecule has 6 nitrogen and oxygen atoms in total. The number of nitrogens with one attached hydrogen (secondary N) is 2. The third-order valence-electron chi connectivity index (χ3n) is 5.56. The van der Waals surface area contributed by atoms with Gasteiger partial charge in [0, 0.05) is 29.2 Å². The second-order valence-corrected chi connectivity index (χ2v) is 8.72. The number of nitrogens with zero attached hydrogens (tertiary/aromatic N) is 2. The Morgan fingerprint density at radius 3 is 2.50 bits per heavy atom. The minimum absolute atomic E-state index is 0.0716. The SMILES string of the molecule is N#C/C(=C/c1cc(Cl)c(OCc2ccccc2C#N)c(Cl)c1)C(=O)NCCc1c[nH]c2ccccc12. The lowest BCUT2D eigenvalue weighted by Gasteiger charge is -2.12. The monoisotopic (exact) mass is 514 g/mol. The van der Waals surface area contributed by atoms with E-state index in [0.29, 0.717) is 29.7 Å². The number of rotatable bonds is 8. The number of hydrogen-bond donors (Lipinski definition) is 2. The van der Waals surface area contributed by atoms with Crippen LogP contribution in [0.5, 0.6) is 5.75 Å². The Labute approximate surface area is 218 Å². The van der Waals surface area contributed by atoms with Gasteiger partial charge in [-0.25, -0.2) is 0 Å². The summed E-state index contributed by atoms with van der Waals surface area (Å²) in [7, 11) is 0. The summed E-state index contributed by atoms with van der Waals surface area (Å²) in [6, 6.07) is 22.2. The van der Waals surface area contributed by atoms with Gasteiger partial charge < -0.3 is 15.0 Å². The summed E-state index contributed by atoms with van der Waals surface area (Å²) in [5.74, 6) is -0.233. The number of carbonyl (C=O) groups excluding carboxylic acids is 1. The Kier molecular flexibility index (Phi) is 7.92. The van der Waals surface area contributed by atoms with Crippen LogP contribution in [0.1, 0.15) is 22.3 Å². The fraction of sp³-hybridized carbons (Fsp3) is 0.107. The third kappa shape index (κ3) is 5.70. The highest BCUT2D eigenvalue weighted by Crippen LogP contribution is 2.35. The van der Waals surface area contributed by atoms with E-state index in [-0.39, 0.29) is 28.0 Å². The molecule has 8 heteroatoms. The van der Waals surface area contributed by atoms with Gasteiger partial charge in [-0.15, -0.1) is 0 Å². The van der Waals surface area contributed by atoms with Crippen molar-refractivity contribution in [1.82, 2.24) is 10.3 Å². The van der Waals surface area contributed by atoms with Crippen molar-refractivity contribution < 1.29 is 9.53 Å². The minimum atomic E-state index is -0.488. The Morgan fingerprint density at radius 1 is 1.03 bits per heavy atom. The minimum Gasteiger partial charge on any atom is -0.486 e. The van der Waals surface area contributed by atoms with E-state index >= 15 is 0 Å². The lowest BCUT2D eigenvalue weighted by atomic mass is 10.1. The molecule has 0 aliphatic rings. The molecule has 0 unspecified atom stereocenters. The van der Waals surface area contributed by atoms with E-state index < -0.39 is 5.91 Å². The molecular weight excluding hydrogens is 495 g/mol. The zero-order chi connectivity index (χ0) is 25.5. The molecule has 4 rings (SSSR count). The highest BCUT2D eigenvalue weighted by atomic mass is 35.5. The number of aromatic nitrogens is 1. The van der Waals surface area contributed by atoms with Gasteiger partial charge in [0.05, 0.1) is 21.7 Å². The quantitative estimate of drug-likeness (QED) is 0.216. The van der Waals surface area contributed by atoms with Crippen molar-refractivity contribution >= 4 is 46.1 Å². The first-order valence-electron chi connectivity index (χ1n) is 11.0. The Bertz CT molecular complexity index is 1520. The Morgan fingerprint density at radius 2 is 1.75 bits per heavy atom. The molecule has 0 atom stereocenters. The van der Waals surface area contributed by atoms with E-state index in [9.17, 15) is 15.3 Å². The van der Waals surface area contributed by atoms with Crippen molar-refractivity contribution in [3.8, 4) is 17.9 Å². The first kappa shape index (κ1) is 24.9. The average Bonchev–Trinajstić information content (AvgIpc) is 3.30. The molecule has 0 radical (unpaired) electrons. The third-order valence-corrected chi connectivity index (χ3v) is 6.12. The number of ether oxygens (including phenoxy) is 1. The van der Waals surface area contributed by atoms with Gasteiger partial charge in [0.1, 0.15) is 18.2 Å².